The van der Waals surface area contributed by atoms with E-state index in [-0.39, 0.29) is 11.1 Å². The summed E-state index contributed by atoms with van der Waals surface area (Å²) in [6, 6.07) is 11.8. The van der Waals surface area contributed by atoms with Gasteiger partial charge in [0.25, 0.3) is 0 Å². The quantitative estimate of drug-likeness (QED) is 0.641. The third kappa shape index (κ3) is 3.28. The molecule has 0 spiro atoms. The molecule has 4 heteroatoms. The number of carbonyl (C=O) groups is 2. The molecule has 0 aliphatic carbocycles. The maximum atomic E-state index is 12.2. The van der Waals surface area contributed by atoms with E-state index >= 15 is 0 Å². The summed E-state index contributed by atoms with van der Waals surface area (Å²) in [5.41, 5.74) is 2.52. The van der Waals surface area contributed by atoms with Crippen LogP contribution in [-0.4, -0.2) is 19.0 Å². The van der Waals surface area contributed by atoms with Crippen molar-refractivity contribution in [1.29, 1.82) is 0 Å². The van der Waals surface area contributed by atoms with Crippen LogP contribution in [0, 0.1) is 13.8 Å². The summed E-state index contributed by atoms with van der Waals surface area (Å²) in [5, 5.41) is 0. The topological polar surface area (TPSA) is 52.6 Å². The van der Waals surface area contributed by atoms with Crippen LogP contribution in [0.4, 0.5) is 0 Å². The molecule has 0 aliphatic heterocycles. The molecule has 0 aliphatic rings. The van der Waals surface area contributed by atoms with Crippen LogP contribution in [0.3, 0.4) is 0 Å². The smallest absolute Gasteiger partial charge is 0.344 e. The Kier molecular flexibility index (Phi) is 4.38. The predicted molar refractivity (Wildman–Crippen MR) is 78.7 cm³/mol. The van der Waals surface area contributed by atoms with Gasteiger partial charge in [-0.2, -0.15) is 0 Å². The molecule has 0 amide bonds. The molecule has 0 aromatic heterocycles. The molecule has 0 saturated carbocycles. The molecule has 0 heterocycles. The van der Waals surface area contributed by atoms with Crippen LogP contribution in [-0.2, 0) is 4.74 Å². The van der Waals surface area contributed by atoms with Gasteiger partial charge in [-0.15, -0.1) is 0 Å². The lowest BCUT2D eigenvalue weighted by Crippen LogP contribution is -2.15. The van der Waals surface area contributed by atoms with Gasteiger partial charge >= 0.3 is 11.9 Å². The molecule has 0 radical (unpaired) electrons. The number of hydrogen-bond donors (Lipinski definition) is 0. The predicted octanol–water partition coefficient (Wildman–Crippen LogP) is 3.31. The largest absolute Gasteiger partial charge is 0.465 e. The van der Waals surface area contributed by atoms with Gasteiger partial charge in [0.1, 0.15) is 5.75 Å². The number of carbonyl (C=O) groups excluding carboxylic acids is 2. The average molecular weight is 284 g/mol. The van der Waals surface area contributed by atoms with Crippen molar-refractivity contribution in [2.75, 3.05) is 7.11 Å². The fourth-order valence-corrected chi connectivity index (χ4v) is 1.89. The maximum Gasteiger partial charge on any atom is 0.344 e. The van der Waals surface area contributed by atoms with E-state index in [0.717, 1.165) is 11.1 Å². The molecule has 0 unspecified atom stereocenters. The summed E-state index contributed by atoms with van der Waals surface area (Å²) >= 11 is 0. The summed E-state index contributed by atoms with van der Waals surface area (Å²) < 4.78 is 9.99. The molecular weight excluding hydrogens is 268 g/mol. The lowest BCUT2D eigenvalue weighted by molar-refractivity contribution is 0.0587. The van der Waals surface area contributed by atoms with E-state index in [9.17, 15) is 9.59 Å². The van der Waals surface area contributed by atoms with Crippen LogP contribution in [0.1, 0.15) is 31.8 Å². The van der Waals surface area contributed by atoms with E-state index in [1.54, 1.807) is 24.3 Å². The van der Waals surface area contributed by atoms with E-state index in [2.05, 4.69) is 4.74 Å². The van der Waals surface area contributed by atoms with Crippen molar-refractivity contribution in [3.8, 4) is 5.75 Å². The first-order chi connectivity index (χ1) is 10.0. The highest BCUT2D eigenvalue weighted by atomic mass is 16.5. The van der Waals surface area contributed by atoms with Crippen molar-refractivity contribution < 1.29 is 19.1 Å². The van der Waals surface area contributed by atoms with Crippen molar-refractivity contribution >= 4 is 11.9 Å². The molecule has 4 nitrogen and oxygen atoms in total. The van der Waals surface area contributed by atoms with Gasteiger partial charge in [0, 0.05) is 0 Å². The van der Waals surface area contributed by atoms with E-state index < -0.39 is 11.9 Å². The Balaban J connectivity index is 2.28. The van der Waals surface area contributed by atoms with Crippen molar-refractivity contribution in [3.63, 3.8) is 0 Å². The lowest BCUT2D eigenvalue weighted by Gasteiger charge is -2.09. The number of methoxy groups -OCH3 is 1. The normalized spacial score (nSPS) is 10.0. The van der Waals surface area contributed by atoms with Gasteiger partial charge in [0.2, 0.25) is 0 Å². The van der Waals surface area contributed by atoms with Crippen LogP contribution in [0.5, 0.6) is 5.75 Å². The van der Waals surface area contributed by atoms with Crippen LogP contribution in [0.2, 0.25) is 0 Å². The summed E-state index contributed by atoms with van der Waals surface area (Å²) in [6.45, 7) is 3.92. The Labute approximate surface area is 123 Å². The highest BCUT2D eigenvalue weighted by molar-refractivity contribution is 6.03. The Morgan fingerprint density at radius 2 is 1.48 bits per heavy atom. The standard InChI is InChI=1S/C17H16O4/c1-11-8-9-13(10-12(11)2)21-17(19)15-7-5-4-6-14(15)16(18)20-3/h4-10H,1-3H3. The van der Waals surface area contributed by atoms with Gasteiger partial charge in [0.05, 0.1) is 18.2 Å². The Morgan fingerprint density at radius 3 is 2.05 bits per heavy atom. The van der Waals surface area contributed by atoms with Crippen LogP contribution in [0.15, 0.2) is 42.5 Å². The minimum absolute atomic E-state index is 0.183. The number of hydrogen-bond acceptors (Lipinski definition) is 4. The van der Waals surface area contributed by atoms with Gasteiger partial charge in [-0.25, -0.2) is 9.59 Å². The first-order valence-electron chi connectivity index (χ1n) is 6.49. The maximum absolute atomic E-state index is 12.2. The summed E-state index contributed by atoms with van der Waals surface area (Å²) in [6.07, 6.45) is 0. The molecular formula is C17H16O4. The zero-order valence-electron chi connectivity index (χ0n) is 12.2. The molecule has 108 valence electrons. The van der Waals surface area contributed by atoms with E-state index in [1.807, 2.05) is 19.9 Å². The minimum atomic E-state index is -0.584. The monoisotopic (exact) mass is 284 g/mol. The number of rotatable bonds is 3. The third-order valence-corrected chi connectivity index (χ3v) is 3.24. The number of benzene rings is 2. The van der Waals surface area contributed by atoms with Crippen molar-refractivity contribution in [1.82, 2.24) is 0 Å². The SMILES string of the molecule is COC(=O)c1ccccc1C(=O)Oc1ccc(C)c(C)c1. The van der Waals surface area contributed by atoms with E-state index in [0.29, 0.717) is 5.75 Å². The fourth-order valence-electron chi connectivity index (χ4n) is 1.89. The summed E-state index contributed by atoms with van der Waals surface area (Å²) in [4.78, 5) is 23.9. The number of aryl methyl sites for hydroxylation is 2. The molecule has 0 bridgehead atoms. The zero-order valence-corrected chi connectivity index (χ0v) is 12.2. The molecule has 2 aromatic rings. The van der Waals surface area contributed by atoms with Gasteiger partial charge < -0.3 is 9.47 Å². The first-order valence-corrected chi connectivity index (χ1v) is 6.49. The van der Waals surface area contributed by atoms with Gasteiger partial charge in [0.15, 0.2) is 0 Å². The van der Waals surface area contributed by atoms with Crippen LogP contribution < -0.4 is 4.74 Å². The van der Waals surface area contributed by atoms with Crippen LogP contribution in [0.25, 0.3) is 0 Å². The highest BCUT2D eigenvalue weighted by Gasteiger charge is 2.18. The van der Waals surface area contributed by atoms with Gasteiger partial charge in [-0.1, -0.05) is 18.2 Å². The molecule has 21 heavy (non-hydrogen) atoms. The van der Waals surface area contributed by atoms with Crippen molar-refractivity contribution in [2.45, 2.75) is 13.8 Å². The first kappa shape index (κ1) is 14.8. The molecule has 2 rings (SSSR count). The Morgan fingerprint density at radius 1 is 0.857 bits per heavy atom. The van der Waals surface area contributed by atoms with E-state index in [1.165, 1.54) is 19.2 Å². The van der Waals surface area contributed by atoms with Gasteiger partial charge in [-0.05, 0) is 49.2 Å². The van der Waals surface area contributed by atoms with E-state index in [4.69, 9.17) is 4.74 Å². The third-order valence-electron chi connectivity index (χ3n) is 3.24. The second-order valence-corrected chi connectivity index (χ2v) is 4.67. The second kappa shape index (κ2) is 6.22. The zero-order chi connectivity index (χ0) is 15.4. The molecule has 2 aromatic carbocycles. The summed E-state index contributed by atoms with van der Waals surface area (Å²) in [5.74, 6) is -0.704. The number of ether oxygens (including phenoxy) is 2. The van der Waals surface area contributed by atoms with Crippen LogP contribution >= 0.6 is 0 Å². The second-order valence-electron chi connectivity index (χ2n) is 4.67. The molecule has 0 N–H and O–H groups in total. The lowest BCUT2D eigenvalue weighted by atomic mass is 10.1. The van der Waals surface area contributed by atoms with Crippen molar-refractivity contribution in [2.24, 2.45) is 0 Å². The van der Waals surface area contributed by atoms with Crippen molar-refractivity contribution in [3.05, 3.63) is 64.7 Å². The Hall–Kier alpha value is -2.62. The minimum Gasteiger partial charge on any atom is -0.465 e. The highest BCUT2D eigenvalue weighted by Crippen LogP contribution is 2.19. The number of esters is 2. The molecule has 0 atom stereocenters. The fraction of sp³-hybridized carbons (Fsp3) is 0.176. The molecule has 0 saturated heterocycles. The molecule has 0 fully saturated rings. The van der Waals surface area contributed by atoms with Gasteiger partial charge in [-0.3, -0.25) is 0 Å². The Bertz CT molecular complexity index is 689. The summed E-state index contributed by atoms with van der Waals surface area (Å²) in [7, 11) is 1.27. The average Bonchev–Trinajstić information content (AvgIpc) is 2.50.